The van der Waals surface area contributed by atoms with Crippen LogP contribution in [0, 0.1) is 11.8 Å². The van der Waals surface area contributed by atoms with E-state index in [2.05, 4.69) is 52.2 Å². The van der Waals surface area contributed by atoms with Gasteiger partial charge in [-0.2, -0.15) is 0 Å². The SMILES string of the molecule is CC(C)C.CC(C)C.O=C1CN2C(=O)CNCC2CN1. The summed E-state index contributed by atoms with van der Waals surface area (Å²) in [7, 11) is 0. The molecule has 0 saturated carbocycles. The summed E-state index contributed by atoms with van der Waals surface area (Å²) >= 11 is 0. The van der Waals surface area contributed by atoms with Gasteiger partial charge in [0, 0.05) is 13.1 Å². The third-order valence-electron chi connectivity index (χ3n) is 2.27. The molecule has 118 valence electrons. The molecule has 2 N–H and O–H groups in total. The van der Waals surface area contributed by atoms with Gasteiger partial charge in [0.25, 0.3) is 0 Å². The number of nitrogens with one attached hydrogen (secondary N) is 2. The predicted molar refractivity (Wildman–Crippen MR) is 82.4 cm³/mol. The molecule has 0 aromatic carbocycles. The highest BCUT2D eigenvalue weighted by molar-refractivity contribution is 5.87. The van der Waals surface area contributed by atoms with Gasteiger partial charge in [-0.05, 0) is 11.8 Å². The number of rotatable bonds is 0. The molecule has 2 rings (SSSR count). The molecule has 2 heterocycles. The van der Waals surface area contributed by atoms with E-state index in [4.69, 9.17) is 0 Å². The zero-order chi connectivity index (χ0) is 15.7. The van der Waals surface area contributed by atoms with Crippen molar-refractivity contribution in [3.8, 4) is 0 Å². The van der Waals surface area contributed by atoms with Gasteiger partial charge in [0.1, 0.15) is 0 Å². The molecule has 0 aromatic rings. The van der Waals surface area contributed by atoms with E-state index in [0.717, 1.165) is 18.4 Å². The molecule has 5 heteroatoms. The maximum Gasteiger partial charge on any atom is 0.239 e. The lowest BCUT2D eigenvalue weighted by Crippen LogP contribution is -2.64. The molecule has 2 aliphatic heterocycles. The molecule has 5 nitrogen and oxygen atoms in total. The minimum absolute atomic E-state index is 0.0288. The number of fused-ring (bicyclic) bond motifs is 1. The maximum atomic E-state index is 11.3. The zero-order valence-electron chi connectivity index (χ0n) is 13.8. The molecule has 2 aliphatic rings. The Morgan fingerprint density at radius 3 is 2.00 bits per heavy atom. The molecule has 20 heavy (non-hydrogen) atoms. The monoisotopic (exact) mass is 285 g/mol. The lowest BCUT2D eigenvalue weighted by atomic mass is 10.1. The molecule has 2 amide bonds. The quantitative estimate of drug-likeness (QED) is 0.704. The van der Waals surface area contributed by atoms with Crippen LogP contribution in [0.5, 0.6) is 0 Å². The van der Waals surface area contributed by atoms with Gasteiger partial charge in [0.05, 0.1) is 19.1 Å². The van der Waals surface area contributed by atoms with E-state index in [0.29, 0.717) is 13.1 Å². The van der Waals surface area contributed by atoms with Gasteiger partial charge in [0.15, 0.2) is 0 Å². The number of hydrogen-bond donors (Lipinski definition) is 2. The van der Waals surface area contributed by atoms with Crippen LogP contribution in [0.4, 0.5) is 0 Å². The molecule has 0 bridgehead atoms. The second-order valence-corrected chi connectivity index (χ2v) is 6.57. The first-order valence-corrected chi connectivity index (χ1v) is 7.50. The standard InChI is InChI=1S/C7H11N3O2.2C4H10/c11-6-4-10-5(2-9-6)1-8-3-7(10)12;2*1-4(2)3/h5,8H,1-4H2,(H,9,11);2*4H,1-3H3. The lowest BCUT2D eigenvalue weighted by molar-refractivity contribution is -0.142. The normalized spacial score (nSPS) is 21.4. The van der Waals surface area contributed by atoms with Crippen molar-refractivity contribution >= 4 is 11.8 Å². The van der Waals surface area contributed by atoms with E-state index < -0.39 is 0 Å². The number of carbonyl (C=O) groups is 2. The number of piperazine rings is 2. The van der Waals surface area contributed by atoms with Crippen LogP contribution in [-0.2, 0) is 9.59 Å². The summed E-state index contributed by atoms with van der Waals surface area (Å²) in [4.78, 5) is 23.8. The Bertz CT molecular complexity index is 292. The fourth-order valence-electron chi connectivity index (χ4n) is 1.60. The van der Waals surface area contributed by atoms with E-state index in [1.54, 1.807) is 4.90 Å². The van der Waals surface area contributed by atoms with Crippen LogP contribution in [-0.4, -0.2) is 48.9 Å². The van der Waals surface area contributed by atoms with E-state index in [9.17, 15) is 9.59 Å². The fourth-order valence-corrected chi connectivity index (χ4v) is 1.60. The zero-order valence-corrected chi connectivity index (χ0v) is 13.8. The predicted octanol–water partition coefficient (Wildman–Crippen LogP) is 1.24. The summed E-state index contributed by atoms with van der Waals surface area (Å²) in [5, 5.41) is 5.73. The Balaban J connectivity index is 0.000000380. The molecule has 1 unspecified atom stereocenters. The van der Waals surface area contributed by atoms with E-state index in [1.165, 1.54) is 0 Å². The fraction of sp³-hybridized carbons (Fsp3) is 0.867. The molecular weight excluding hydrogens is 254 g/mol. The topological polar surface area (TPSA) is 61.4 Å². The highest BCUT2D eigenvalue weighted by Crippen LogP contribution is 2.06. The number of amides is 2. The molecule has 0 aliphatic carbocycles. The summed E-state index contributed by atoms with van der Waals surface area (Å²) in [5.41, 5.74) is 0. The number of hydrogen-bond acceptors (Lipinski definition) is 3. The van der Waals surface area contributed by atoms with Crippen molar-refractivity contribution in [1.29, 1.82) is 0 Å². The van der Waals surface area contributed by atoms with Gasteiger partial charge in [-0.15, -0.1) is 0 Å². The minimum atomic E-state index is -0.0542. The van der Waals surface area contributed by atoms with Crippen molar-refractivity contribution < 1.29 is 9.59 Å². The Morgan fingerprint density at radius 1 is 1.00 bits per heavy atom. The summed E-state index contributed by atoms with van der Waals surface area (Å²) in [5.74, 6) is 1.64. The second kappa shape index (κ2) is 9.75. The second-order valence-electron chi connectivity index (χ2n) is 6.57. The van der Waals surface area contributed by atoms with Crippen LogP contribution in [0.1, 0.15) is 41.5 Å². The highest BCUT2D eigenvalue weighted by atomic mass is 16.2. The first-order valence-electron chi connectivity index (χ1n) is 7.50. The summed E-state index contributed by atoms with van der Waals surface area (Å²) in [6.07, 6.45) is 0. The molecule has 0 radical (unpaired) electrons. The van der Waals surface area contributed by atoms with Crippen LogP contribution >= 0.6 is 0 Å². The van der Waals surface area contributed by atoms with E-state index in [1.807, 2.05) is 0 Å². The summed E-state index contributed by atoms with van der Waals surface area (Å²) in [6.45, 7) is 15.0. The van der Waals surface area contributed by atoms with Gasteiger partial charge in [0.2, 0.25) is 11.8 Å². The third kappa shape index (κ3) is 8.91. The van der Waals surface area contributed by atoms with E-state index >= 15 is 0 Å². The first kappa shape index (κ1) is 18.9. The molecule has 2 saturated heterocycles. The molecule has 2 fully saturated rings. The van der Waals surface area contributed by atoms with Crippen molar-refractivity contribution in [2.24, 2.45) is 11.8 Å². The van der Waals surface area contributed by atoms with Crippen molar-refractivity contribution in [2.45, 2.75) is 47.6 Å². The van der Waals surface area contributed by atoms with Crippen LogP contribution in [0.25, 0.3) is 0 Å². The van der Waals surface area contributed by atoms with Crippen molar-refractivity contribution in [2.75, 3.05) is 26.2 Å². The highest BCUT2D eigenvalue weighted by Gasteiger charge is 2.32. The molecular formula is C15H31N3O2. The van der Waals surface area contributed by atoms with Crippen LogP contribution in [0.15, 0.2) is 0 Å². The van der Waals surface area contributed by atoms with Crippen LogP contribution < -0.4 is 10.6 Å². The number of nitrogens with zero attached hydrogens (tertiary/aromatic N) is 1. The van der Waals surface area contributed by atoms with Gasteiger partial charge in [-0.3, -0.25) is 9.59 Å². The first-order chi connectivity index (χ1) is 9.23. The summed E-state index contributed by atoms with van der Waals surface area (Å²) in [6, 6.07) is 0.156. The van der Waals surface area contributed by atoms with Crippen LogP contribution in [0.2, 0.25) is 0 Å². The Labute approximate surface area is 123 Å². The Kier molecular flexibility index (Phi) is 9.21. The third-order valence-corrected chi connectivity index (χ3v) is 2.27. The average molecular weight is 285 g/mol. The maximum absolute atomic E-state index is 11.3. The molecule has 0 spiro atoms. The smallest absolute Gasteiger partial charge is 0.239 e. The van der Waals surface area contributed by atoms with E-state index in [-0.39, 0.29) is 24.4 Å². The van der Waals surface area contributed by atoms with Crippen molar-refractivity contribution in [3.05, 3.63) is 0 Å². The van der Waals surface area contributed by atoms with Gasteiger partial charge >= 0.3 is 0 Å². The minimum Gasteiger partial charge on any atom is -0.352 e. The van der Waals surface area contributed by atoms with Crippen molar-refractivity contribution in [1.82, 2.24) is 15.5 Å². The Morgan fingerprint density at radius 2 is 1.50 bits per heavy atom. The summed E-state index contributed by atoms with van der Waals surface area (Å²) < 4.78 is 0. The lowest BCUT2D eigenvalue weighted by Gasteiger charge is -2.38. The van der Waals surface area contributed by atoms with Crippen LogP contribution in [0.3, 0.4) is 0 Å². The molecule has 1 atom stereocenters. The molecule has 0 aromatic heterocycles. The van der Waals surface area contributed by atoms with Gasteiger partial charge < -0.3 is 15.5 Å². The Hall–Kier alpha value is -1.10. The number of carbonyl (C=O) groups excluding carboxylic acids is 2. The van der Waals surface area contributed by atoms with Gasteiger partial charge in [-0.1, -0.05) is 41.5 Å². The average Bonchev–Trinajstić information content (AvgIpc) is 2.29. The van der Waals surface area contributed by atoms with Crippen molar-refractivity contribution in [3.63, 3.8) is 0 Å². The largest absolute Gasteiger partial charge is 0.352 e. The van der Waals surface area contributed by atoms with Gasteiger partial charge in [-0.25, -0.2) is 0 Å².